The van der Waals surface area contributed by atoms with Crippen molar-refractivity contribution in [2.24, 2.45) is 0 Å². The van der Waals surface area contributed by atoms with Crippen molar-refractivity contribution in [1.82, 2.24) is 14.7 Å². The molecule has 0 bridgehead atoms. The van der Waals surface area contributed by atoms with Gasteiger partial charge >= 0.3 is 6.18 Å². The Kier molecular flexibility index (Phi) is 5.63. The van der Waals surface area contributed by atoms with Crippen LogP contribution in [0.5, 0.6) is 5.75 Å². The summed E-state index contributed by atoms with van der Waals surface area (Å²) in [6, 6.07) is 11.6. The van der Waals surface area contributed by atoms with Gasteiger partial charge in [-0.3, -0.25) is 4.79 Å². The van der Waals surface area contributed by atoms with Gasteiger partial charge in [-0.25, -0.2) is 4.98 Å². The molecule has 0 aliphatic rings. The van der Waals surface area contributed by atoms with Gasteiger partial charge < -0.3 is 14.5 Å². The van der Waals surface area contributed by atoms with Crippen LogP contribution in [-0.4, -0.2) is 21.9 Å². The van der Waals surface area contributed by atoms with Gasteiger partial charge in [0.05, 0.1) is 24.4 Å². The van der Waals surface area contributed by atoms with Crippen LogP contribution < -0.4 is 10.1 Å². The third-order valence-corrected chi connectivity index (χ3v) is 3.86. The lowest BCUT2D eigenvalue weighted by Crippen LogP contribution is -2.23. The third-order valence-electron chi connectivity index (χ3n) is 3.86. The van der Waals surface area contributed by atoms with Gasteiger partial charge in [0.15, 0.2) is 0 Å². The fraction of sp³-hybridized carbons (Fsp3) is 0.263. The first-order valence-corrected chi connectivity index (χ1v) is 8.41. The minimum Gasteiger partial charge on any atom is -0.494 e. The fourth-order valence-electron chi connectivity index (χ4n) is 2.51. The number of nitrogens with one attached hydrogen (secondary N) is 1. The van der Waals surface area contributed by atoms with E-state index in [0.717, 1.165) is 18.0 Å². The third kappa shape index (κ3) is 5.22. The van der Waals surface area contributed by atoms with Crippen molar-refractivity contribution < 1.29 is 22.7 Å². The van der Waals surface area contributed by atoms with Crippen molar-refractivity contribution in [2.75, 3.05) is 6.61 Å². The summed E-state index contributed by atoms with van der Waals surface area (Å²) in [4.78, 5) is 16.1. The molecule has 0 aliphatic carbocycles. The number of alkyl halides is 3. The molecule has 1 N–H and O–H groups in total. The summed E-state index contributed by atoms with van der Waals surface area (Å²) in [5.41, 5.74) is 0.133. The monoisotopic (exact) mass is 377 g/mol. The number of hydrogen-bond donors (Lipinski definition) is 1. The molecule has 0 unspecified atom stereocenters. The second kappa shape index (κ2) is 8.11. The van der Waals surface area contributed by atoms with Crippen molar-refractivity contribution in [1.29, 1.82) is 0 Å². The minimum atomic E-state index is -4.41. The maximum atomic E-state index is 12.7. The minimum absolute atomic E-state index is 0.154. The zero-order valence-electron chi connectivity index (χ0n) is 14.4. The molecule has 0 spiro atoms. The molecule has 0 radical (unpaired) electrons. The second-order valence-electron chi connectivity index (χ2n) is 5.96. The van der Waals surface area contributed by atoms with Gasteiger partial charge in [-0.15, -0.1) is 0 Å². The number of pyridine rings is 1. The number of carbonyl (C=O) groups excluding carboxylic acids is 1. The molecule has 27 heavy (non-hydrogen) atoms. The number of carbonyl (C=O) groups is 1. The predicted octanol–water partition coefficient (Wildman–Crippen LogP) is 3.83. The molecule has 5 nitrogen and oxygen atoms in total. The van der Waals surface area contributed by atoms with E-state index >= 15 is 0 Å². The van der Waals surface area contributed by atoms with E-state index < -0.39 is 11.7 Å². The lowest BCUT2D eigenvalue weighted by molar-refractivity contribution is -0.137. The Hall–Kier alpha value is -3.03. The molecule has 3 aromatic rings. The topological polar surface area (TPSA) is 55.6 Å². The molecule has 1 amide bonds. The molecule has 0 atom stereocenters. The van der Waals surface area contributed by atoms with Gasteiger partial charge in [0.2, 0.25) is 5.91 Å². The van der Waals surface area contributed by atoms with Gasteiger partial charge in [0.1, 0.15) is 11.4 Å². The lowest BCUT2D eigenvalue weighted by atomic mass is 10.3. The summed E-state index contributed by atoms with van der Waals surface area (Å²) in [7, 11) is 0. The van der Waals surface area contributed by atoms with E-state index in [9.17, 15) is 18.0 Å². The molecule has 8 heteroatoms. The number of nitrogens with zero attached hydrogens (tertiary/aromatic N) is 2. The highest BCUT2D eigenvalue weighted by molar-refractivity contribution is 5.75. The smallest absolute Gasteiger partial charge is 0.417 e. The quantitative estimate of drug-likeness (QED) is 0.637. The fourth-order valence-corrected chi connectivity index (χ4v) is 2.51. The van der Waals surface area contributed by atoms with E-state index in [4.69, 9.17) is 4.74 Å². The number of benzene rings is 1. The zero-order chi connectivity index (χ0) is 19.3. The molecule has 1 aromatic carbocycles. The van der Waals surface area contributed by atoms with Gasteiger partial charge in [0, 0.05) is 18.8 Å². The van der Waals surface area contributed by atoms with Crippen molar-refractivity contribution in [3.05, 3.63) is 66.1 Å². The molecule has 0 aliphatic heterocycles. The Bertz CT molecular complexity index is 907. The molecule has 142 valence electrons. The molecule has 0 saturated heterocycles. The number of aromatic nitrogens is 2. The van der Waals surface area contributed by atoms with Crippen LogP contribution in [0.3, 0.4) is 0 Å². The number of amides is 1. The highest BCUT2D eigenvalue weighted by atomic mass is 19.4. The van der Waals surface area contributed by atoms with E-state index in [0.29, 0.717) is 30.8 Å². The highest BCUT2D eigenvalue weighted by Crippen LogP contribution is 2.29. The summed E-state index contributed by atoms with van der Waals surface area (Å²) in [6.45, 7) is 0.577. The van der Waals surface area contributed by atoms with Crippen LogP contribution in [-0.2, 0) is 17.5 Å². The molecule has 0 fully saturated rings. The highest BCUT2D eigenvalue weighted by Gasteiger charge is 2.30. The Labute approximate surface area is 153 Å². The maximum Gasteiger partial charge on any atom is 0.417 e. The number of fused-ring (bicyclic) bond motifs is 1. The molecular formula is C19H18F3N3O2. The Balaban J connectivity index is 1.45. The van der Waals surface area contributed by atoms with Crippen LogP contribution in [0.25, 0.3) is 5.65 Å². The summed E-state index contributed by atoms with van der Waals surface area (Å²) in [5.74, 6) is 0.584. The van der Waals surface area contributed by atoms with E-state index in [1.807, 2.05) is 30.3 Å². The standard InChI is InChI=1S/C19H18F3N3O2/c20-19(21,22)14-8-9-17-24-15(13-25(17)12-14)11-23-18(26)7-4-10-27-16-5-2-1-3-6-16/h1-3,5-6,8-9,12-13H,4,7,10-11H2,(H,23,26). The van der Waals surface area contributed by atoms with Crippen LogP contribution in [0.1, 0.15) is 24.1 Å². The first-order chi connectivity index (χ1) is 12.9. The average molecular weight is 377 g/mol. The summed E-state index contributed by atoms with van der Waals surface area (Å²) in [5, 5.41) is 2.71. The normalized spacial score (nSPS) is 11.5. The van der Waals surface area contributed by atoms with E-state index in [1.165, 1.54) is 16.7 Å². The van der Waals surface area contributed by atoms with Crippen LogP contribution >= 0.6 is 0 Å². The van der Waals surface area contributed by atoms with Crippen LogP contribution in [0.2, 0.25) is 0 Å². The number of rotatable bonds is 7. The van der Waals surface area contributed by atoms with Crippen LogP contribution in [0.4, 0.5) is 13.2 Å². The summed E-state index contributed by atoms with van der Waals surface area (Å²) >= 11 is 0. The van der Waals surface area contributed by atoms with Gasteiger partial charge in [-0.05, 0) is 30.7 Å². The largest absolute Gasteiger partial charge is 0.494 e. The lowest BCUT2D eigenvalue weighted by Gasteiger charge is -2.06. The molecule has 2 heterocycles. The molecular weight excluding hydrogens is 359 g/mol. The van der Waals surface area contributed by atoms with Crippen molar-refractivity contribution in [3.63, 3.8) is 0 Å². The first-order valence-electron chi connectivity index (χ1n) is 8.41. The number of imidazole rings is 1. The Morgan fingerprint density at radius 1 is 1.11 bits per heavy atom. The van der Waals surface area contributed by atoms with Crippen molar-refractivity contribution >= 4 is 11.6 Å². The summed E-state index contributed by atoms with van der Waals surface area (Å²) < 4.78 is 45.0. The molecule has 2 aromatic heterocycles. The molecule has 0 saturated carbocycles. The Morgan fingerprint density at radius 2 is 1.89 bits per heavy atom. The van der Waals surface area contributed by atoms with Gasteiger partial charge in [-0.2, -0.15) is 13.2 Å². The summed E-state index contributed by atoms with van der Waals surface area (Å²) in [6.07, 6.45) is -1.11. The average Bonchev–Trinajstić information content (AvgIpc) is 3.06. The first kappa shape index (κ1) is 18.8. The van der Waals surface area contributed by atoms with Crippen LogP contribution in [0.15, 0.2) is 54.9 Å². The SMILES string of the molecule is O=C(CCCOc1ccccc1)NCc1cn2cc(C(F)(F)F)ccc2n1. The second-order valence-corrected chi connectivity index (χ2v) is 5.96. The van der Waals surface area contributed by atoms with Crippen molar-refractivity contribution in [2.45, 2.75) is 25.6 Å². The van der Waals surface area contributed by atoms with Crippen molar-refractivity contribution in [3.8, 4) is 5.75 Å². The van der Waals surface area contributed by atoms with Gasteiger partial charge in [0.25, 0.3) is 0 Å². The van der Waals surface area contributed by atoms with Gasteiger partial charge in [-0.1, -0.05) is 18.2 Å². The predicted molar refractivity (Wildman–Crippen MR) is 93.2 cm³/mol. The van der Waals surface area contributed by atoms with E-state index in [-0.39, 0.29) is 12.5 Å². The number of para-hydroxylation sites is 1. The van der Waals surface area contributed by atoms with E-state index in [2.05, 4.69) is 10.3 Å². The number of hydrogen-bond acceptors (Lipinski definition) is 3. The van der Waals surface area contributed by atoms with Crippen LogP contribution in [0, 0.1) is 0 Å². The molecule has 3 rings (SSSR count). The van der Waals surface area contributed by atoms with E-state index in [1.54, 1.807) is 0 Å². The zero-order valence-corrected chi connectivity index (χ0v) is 14.4. The number of ether oxygens (including phenoxy) is 1. The maximum absolute atomic E-state index is 12.7. The Morgan fingerprint density at radius 3 is 2.63 bits per heavy atom. The number of halogens is 3.